The molecule has 5 nitrogen and oxygen atoms in total. The first kappa shape index (κ1) is 15.0. The van der Waals surface area contributed by atoms with E-state index in [4.69, 9.17) is 0 Å². The van der Waals surface area contributed by atoms with Gasteiger partial charge in [-0.15, -0.1) is 0 Å². The van der Waals surface area contributed by atoms with Gasteiger partial charge in [0.1, 0.15) is 0 Å². The maximum absolute atomic E-state index is 13.2. The molecule has 0 aliphatic heterocycles. The van der Waals surface area contributed by atoms with Crippen LogP contribution in [0.15, 0.2) is 52.0 Å². The van der Waals surface area contributed by atoms with E-state index in [0.717, 1.165) is 28.6 Å². The average molecular weight is 321 g/mol. The molecule has 23 heavy (non-hydrogen) atoms. The molecule has 0 bridgehead atoms. The Morgan fingerprint density at radius 2 is 1.83 bits per heavy atom. The Balaban J connectivity index is 2.25. The summed E-state index contributed by atoms with van der Waals surface area (Å²) < 4.78 is 45.0. The van der Waals surface area contributed by atoms with Crippen LogP contribution in [0.5, 0.6) is 0 Å². The summed E-state index contributed by atoms with van der Waals surface area (Å²) >= 11 is 0. The normalized spacial score (nSPS) is 11.7. The Morgan fingerprint density at radius 3 is 2.48 bits per heavy atom. The zero-order valence-corrected chi connectivity index (χ0v) is 11.8. The summed E-state index contributed by atoms with van der Waals surface area (Å²) in [6.07, 6.45) is -2.57. The first-order valence-corrected chi connectivity index (χ1v) is 6.55. The molecule has 0 unspecified atom stereocenters. The maximum atomic E-state index is 13.2. The van der Waals surface area contributed by atoms with Gasteiger partial charge < -0.3 is 0 Å². The lowest BCUT2D eigenvalue weighted by Gasteiger charge is -2.11. The van der Waals surface area contributed by atoms with E-state index in [1.54, 1.807) is 24.3 Å². The van der Waals surface area contributed by atoms with Gasteiger partial charge in [-0.3, -0.25) is 9.51 Å². The van der Waals surface area contributed by atoms with E-state index in [-0.39, 0.29) is 11.4 Å². The van der Waals surface area contributed by atoms with Crippen LogP contribution in [-0.2, 0) is 6.18 Å². The quantitative estimate of drug-likeness (QED) is 0.727. The summed E-state index contributed by atoms with van der Waals surface area (Å²) in [6, 6.07) is 7.48. The third kappa shape index (κ3) is 2.75. The number of nitrogens with zero attached hydrogens (tertiary/aromatic N) is 3. The molecular weight excluding hydrogens is 311 g/mol. The first-order valence-electron chi connectivity index (χ1n) is 6.55. The molecule has 3 aromatic rings. The minimum Gasteiger partial charge on any atom is -0.295 e. The van der Waals surface area contributed by atoms with Crippen LogP contribution in [0.4, 0.5) is 13.2 Å². The first-order chi connectivity index (χ1) is 10.9. The van der Waals surface area contributed by atoms with Crippen molar-refractivity contribution in [3.05, 3.63) is 64.4 Å². The molecule has 3 rings (SSSR count). The van der Waals surface area contributed by atoms with Crippen molar-refractivity contribution in [1.29, 1.82) is 0 Å². The molecule has 0 fully saturated rings. The highest BCUT2D eigenvalue weighted by Gasteiger charge is 2.35. The second-order valence-corrected chi connectivity index (χ2v) is 4.86. The fourth-order valence-electron chi connectivity index (χ4n) is 2.16. The van der Waals surface area contributed by atoms with Crippen molar-refractivity contribution in [2.24, 2.45) is 0 Å². The van der Waals surface area contributed by atoms with Crippen LogP contribution in [0.1, 0.15) is 11.1 Å². The highest BCUT2D eigenvalue weighted by molar-refractivity contribution is 5.62. The molecule has 0 spiro atoms. The zero-order valence-electron chi connectivity index (χ0n) is 11.8. The largest absolute Gasteiger partial charge is 0.446 e. The Labute approximate surface area is 128 Å². The van der Waals surface area contributed by atoms with Gasteiger partial charge in [-0.25, -0.2) is 9.36 Å². The van der Waals surface area contributed by atoms with Crippen molar-refractivity contribution in [2.45, 2.75) is 13.1 Å². The molecule has 0 amide bonds. The van der Waals surface area contributed by atoms with Crippen LogP contribution in [0.3, 0.4) is 0 Å². The number of pyridine rings is 1. The van der Waals surface area contributed by atoms with Crippen molar-refractivity contribution in [2.75, 3.05) is 0 Å². The van der Waals surface area contributed by atoms with Crippen molar-refractivity contribution in [3.8, 4) is 17.1 Å². The predicted octanol–water partition coefficient (Wildman–Crippen LogP) is 3.21. The number of benzene rings is 1. The van der Waals surface area contributed by atoms with E-state index in [0.29, 0.717) is 5.69 Å². The lowest BCUT2D eigenvalue weighted by molar-refractivity contribution is -0.137. The lowest BCUT2D eigenvalue weighted by atomic mass is 10.1. The Bertz CT molecular complexity index is 895. The predicted molar refractivity (Wildman–Crippen MR) is 75.1 cm³/mol. The van der Waals surface area contributed by atoms with Gasteiger partial charge in [-0.2, -0.15) is 13.2 Å². The van der Waals surface area contributed by atoms with Crippen molar-refractivity contribution < 1.29 is 17.7 Å². The van der Waals surface area contributed by atoms with E-state index < -0.39 is 17.5 Å². The van der Waals surface area contributed by atoms with Gasteiger partial charge in [-0.1, -0.05) is 22.9 Å². The van der Waals surface area contributed by atoms with Crippen molar-refractivity contribution in [3.63, 3.8) is 0 Å². The number of aromatic nitrogens is 3. The van der Waals surface area contributed by atoms with E-state index in [1.165, 1.54) is 0 Å². The number of aryl methyl sites for hydroxylation is 1. The molecule has 2 heterocycles. The maximum Gasteiger partial charge on any atom is 0.446 e. The summed E-state index contributed by atoms with van der Waals surface area (Å²) in [6.45, 7) is 1.85. The van der Waals surface area contributed by atoms with Gasteiger partial charge in [0.2, 0.25) is 0 Å². The van der Waals surface area contributed by atoms with Gasteiger partial charge in [0, 0.05) is 12.4 Å². The molecule has 0 aliphatic carbocycles. The fourth-order valence-corrected chi connectivity index (χ4v) is 2.16. The second-order valence-electron chi connectivity index (χ2n) is 4.86. The minimum absolute atomic E-state index is 0.251. The summed E-state index contributed by atoms with van der Waals surface area (Å²) in [4.78, 5) is 15.6. The van der Waals surface area contributed by atoms with E-state index in [2.05, 4.69) is 14.7 Å². The number of alkyl halides is 3. The van der Waals surface area contributed by atoms with E-state index in [1.807, 2.05) is 6.92 Å². The van der Waals surface area contributed by atoms with Gasteiger partial charge >= 0.3 is 11.9 Å². The summed E-state index contributed by atoms with van der Waals surface area (Å²) in [5, 5.41) is 3.49. The molecule has 0 radical (unpaired) electrons. The highest BCUT2D eigenvalue weighted by Crippen LogP contribution is 2.36. The Hall–Kier alpha value is -2.90. The van der Waals surface area contributed by atoms with Crippen LogP contribution in [0, 0.1) is 6.92 Å². The van der Waals surface area contributed by atoms with Crippen LogP contribution in [-0.4, -0.2) is 14.7 Å². The standard InChI is InChI=1S/C15H10F3N3O2/c1-9-2-4-10(5-3-9)21-13(20-23-14(21)22)11-8-19-7-6-12(11)15(16,17)18/h2-8H,1H3. The van der Waals surface area contributed by atoms with Gasteiger partial charge in [-0.05, 0) is 25.1 Å². The number of rotatable bonds is 2. The van der Waals surface area contributed by atoms with Gasteiger partial charge in [0.15, 0.2) is 5.82 Å². The molecule has 1 aromatic carbocycles. The minimum atomic E-state index is -4.61. The Kier molecular flexibility index (Phi) is 3.51. The average Bonchev–Trinajstić information content (AvgIpc) is 2.89. The second kappa shape index (κ2) is 5.38. The molecule has 0 saturated heterocycles. The number of halogens is 3. The number of hydrogen-bond acceptors (Lipinski definition) is 4. The van der Waals surface area contributed by atoms with Crippen molar-refractivity contribution >= 4 is 0 Å². The van der Waals surface area contributed by atoms with Gasteiger partial charge in [0.05, 0.1) is 16.8 Å². The van der Waals surface area contributed by atoms with Crippen molar-refractivity contribution in [1.82, 2.24) is 14.7 Å². The van der Waals surface area contributed by atoms with Crippen LogP contribution in [0.25, 0.3) is 17.1 Å². The monoisotopic (exact) mass is 321 g/mol. The molecule has 0 atom stereocenters. The van der Waals surface area contributed by atoms with E-state index >= 15 is 0 Å². The molecule has 0 N–H and O–H groups in total. The smallest absolute Gasteiger partial charge is 0.295 e. The molecule has 2 aromatic heterocycles. The Morgan fingerprint density at radius 1 is 1.13 bits per heavy atom. The topological polar surface area (TPSA) is 60.9 Å². The molecule has 0 aliphatic rings. The molecular formula is C15H10F3N3O2. The third-order valence-electron chi connectivity index (χ3n) is 3.26. The third-order valence-corrected chi connectivity index (χ3v) is 3.26. The number of hydrogen-bond donors (Lipinski definition) is 0. The molecule has 8 heteroatoms. The summed E-state index contributed by atoms with van der Waals surface area (Å²) in [5.41, 5.74) is 0.0269. The fraction of sp³-hybridized carbons (Fsp3) is 0.133. The summed E-state index contributed by atoms with van der Waals surface area (Å²) in [7, 11) is 0. The van der Waals surface area contributed by atoms with Crippen LogP contribution < -0.4 is 5.76 Å². The van der Waals surface area contributed by atoms with Crippen LogP contribution in [0.2, 0.25) is 0 Å². The highest BCUT2D eigenvalue weighted by atomic mass is 19.4. The molecule has 0 saturated carbocycles. The van der Waals surface area contributed by atoms with Gasteiger partial charge in [0.25, 0.3) is 0 Å². The SMILES string of the molecule is Cc1ccc(-n2c(-c3cnccc3C(F)(F)F)noc2=O)cc1. The zero-order chi connectivity index (χ0) is 16.6. The molecule has 118 valence electrons. The summed E-state index contributed by atoms with van der Waals surface area (Å²) in [5.74, 6) is -1.12. The van der Waals surface area contributed by atoms with Crippen LogP contribution >= 0.6 is 0 Å². The lowest BCUT2D eigenvalue weighted by Crippen LogP contribution is -2.15. The van der Waals surface area contributed by atoms with E-state index in [9.17, 15) is 18.0 Å².